The Hall–Kier alpha value is -0.940. The summed E-state index contributed by atoms with van der Waals surface area (Å²) in [6.45, 7) is 9.19. The summed E-state index contributed by atoms with van der Waals surface area (Å²) >= 11 is 0. The molecule has 0 radical (unpaired) electrons. The van der Waals surface area contributed by atoms with Crippen molar-refractivity contribution in [1.82, 2.24) is 20.7 Å². The van der Waals surface area contributed by atoms with Crippen LogP contribution in [0.3, 0.4) is 0 Å². The van der Waals surface area contributed by atoms with Gasteiger partial charge < -0.3 is 9.80 Å². The zero-order valence-electron chi connectivity index (χ0n) is 12.6. The Morgan fingerprint density at radius 1 is 1.10 bits per heavy atom. The van der Waals surface area contributed by atoms with Crippen LogP contribution in [0.15, 0.2) is 24.3 Å². The maximum atomic E-state index is 3.45. The first-order valence-corrected chi connectivity index (χ1v) is 7.68. The van der Waals surface area contributed by atoms with Crippen molar-refractivity contribution in [3.05, 3.63) is 35.4 Å². The van der Waals surface area contributed by atoms with Crippen molar-refractivity contribution in [2.24, 2.45) is 5.92 Å². The van der Waals surface area contributed by atoms with Gasteiger partial charge >= 0.3 is 0 Å². The number of hydrogen-bond donors (Lipinski definition) is 2. The summed E-state index contributed by atoms with van der Waals surface area (Å²) in [5.74, 6) is 0.654. The zero-order valence-corrected chi connectivity index (χ0v) is 12.6. The van der Waals surface area contributed by atoms with Crippen LogP contribution in [0.2, 0.25) is 0 Å². The zero-order chi connectivity index (χ0) is 13.9. The normalized spacial score (nSPS) is 28.9. The van der Waals surface area contributed by atoms with Gasteiger partial charge in [0.2, 0.25) is 0 Å². The minimum Gasteiger partial charge on any atom is -0.304 e. The number of hydrazine groups is 1. The third-order valence-corrected chi connectivity index (χ3v) is 4.62. The van der Waals surface area contributed by atoms with Crippen molar-refractivity contribution in [1.29, 1.82) is 0 Å². The quantitative estimate of drug-likeness (QED) is 0.861. The predicted molar refractivity (Wildman–Crippen MR) is 82.5 cm³/mol. The third-order valence-electron chi connectivity index (χ3n) is 4.62. The van der Waals surface area contributed by atoms with Crippen LogP contribution in [-0.4, -0.2) is 56.1 Å². The third kappa shape index (κ3) is 3.20. The highest BCUT2D eigenvalue weighted by Crippen LogP contribution is 2.26. The highest BCUT2D eigenvalue weighted by molar-refractivity contribution is 5.25. The van der Waals surface area contributed by atoms with E-state index in [0.29, 0.717) is 12.0 Å². The largest absolute Gasteiger partial charge is 0.304 e. The average molecular weight is 274 g/mol. The maximum Gasteiger partial charge on any atom is 0.0515 e. The molecule has 0 aliphatic carbocycles. The Kier molecular flexibility index (Phi) is 4.36. The van der Waals surface area contributed by atoms with Crippen LogP contribution in [0.1, 0.15) is 17.2 Å². The average Bonchev–Trinajstić information content (AvgIpc) is 2.90. The summed E-state index contributed by atoms with van der Waals surface area (Å²) in [7, 11) is 2.21. The Morgan fingerprint density at radius 2 is 1.80 bits per heavy atom. The molecule has 3 rings (SSSR count). The molecule has 0 aromatic heterocycles. The van der Waals surface area contributed by atoms with Gasteiger partial charge in [0.15, 0.2) is 0 Å². The molecule has 2 atom stereocenters. The summed E-state index contributed by atoms with van der Waals surface area (Å²) in [5.41, 5.74) is 9.53. The van der Waals surface area contributed by atoms with Crippen LogP contribution >= 0.6 is 0 Å². The van der Waals surface area contributed by atoms with Gasteiger partial charge in [0, 0.05) is 45.2 Å². The predicted octanol–water partition coefficient (Wildman–Crippen LogP) is 1.01. The first kappa shape index (κ1) is 14.0. The second-order valence-electron chi connectivity index (χ2n) is 6.28. The molecule has 4 nitrogen and oxygen atoms in total. The van der Waals surface area contributed by atoms with Crippen LogP contribution in [0, 0.1) is 12.8 Å². The number of piperazine rings is 1. The van der Waals surface area contributed by atoms with Crippen molar-refractivity contribution >= 4 is 0 Å². The van der Waals surface area contributed by atoms with Crippen LogP contribution in [0.4, 0.5) is 0 Å². The highest BCUT2D eigenvalue weighted by atomic mass is 15.4. The molecule has 110 valence electrons. The molecule has 2 aliphatic rings. The molecule has 1 aromatic carbocycles. The molecule has 2 saturated heterocycles. The second kappa shape index (κ2) is 6.22. The monoisotopic (exact) mass is 274 g/mol. The molecule has 4 heteroatoms. The van der Waals surface area contributed by atoms with Gasteiger partial charge in [-0.1, -0.05) is 29.8 Å². The van der Waals surface area contributed by atoms with Crippen LogP contribution < -0.4 is 10.9 Å². The van der Waals surface area contributed by atoms with E-state index in [1.807, 2.05) is 0 Å². The minimum atomic E-state index is 0.440. The van der Waals surface area contributed by atoms with Gasteiger partial charge in [0.25, 0.3) is 0 Å². The first-order chi connectivity index (χ1) is 9.72. The van der Waals surface area contributed by atoms with Crippen molar-refractivity contribution in [2.75, 3.05) is 46.3 Å². The Balaban J connectivity index is 1.62. The standard InChI is InChI=1S/C16H26N4/c1-13-3-5-14(6-4-13)16-15(11-17-18-16)12-20-9-7-19(2)8-10-20/h3-6,15-18H,7-12H2,1-2H3. The fourth-order valence-electron chi connectivity index (χ4n) is 3.20. The van der Waals surface area contributed by atoms with Crippen LogP contribution in [0.5, 0.6) is 0 Å². The fraction of sp³-hybridized carbons (Fsp3) is 0.625. The van der Waals surface area contributed by atoms with Gasteiger partial charge in [-0.05, 0) is 19.5 Å². The minimum absolute atomic E-state index is 0.440. The van der Waals surface area contributed by atoms with Crippen molar-refractivity contribution in [2.45, 2.75) is 13.0 Å². The van der Waals surface area contributed by atoms with E-state index in [2.05, 4.69) is 58.9 Å². The molecule has 2 fully saturated rings. The van der Waals surface area contributed by atoms with Crippen molar-refractivity contribution < 1.29 is 0 Å². The van der Waals surface area contributed by atoms with E-state index >= 15 is 0 Å². The number of nitrogens with zero attached hydrogens (tertiary/aromatic N) is 2. The summed E-state index contributed by atoms with van der Waals surface area (Å²) in [5, 5.41) is 0. The molecule has 0 spiro atoms. The van der Waals surface area contributed by atoms with Gasteiger partial charge in [-0.2, -0.15) is 0 Å². The van der Waals surface area contributed by atoms with Crippen LogP contribution in [0.25, 0.3) is 0 Å². The van der Waals surface area contributed by atoms with E-state index in [-0.39, 0.29) is 0 Å². The molecule has 2 unspecified atom stereocenters. The van der Waals surface area contributed by atoms with Gasteiger partial charge in [-0.25, -0.2) is 5.43 Å². The molecular weight excluding hydrogens is 248 g/mol. The molecule has 2 heterocycles. The maximum absolute atomic E-state index is 3.45. The molecule has 0 saturated carbocycles. The lowest BCUT2D eigenvalue weighted by molar-refractivity contribution is 0.134. The number of likely N-dealkylation sites (N-methyl/N-ethyl adjacent to an activating group) is 1. The number of benzene rings is 1. The van der Waals surface area contributed by atoms with Gasteiger partial charge in [0.1, 0.15) is 0 Å². The number of rotatable bonds is 3. The molecule has 2 N–H and O–H groups in total. The summed E-state index contributed by atoms with van der Waals surface area (Å²) in [4.78, 5) is 5.03. The topological polar surface area (TPSA) is 30.5 Å². The Bertz CT molecular complexity index is 423. The molecular formula is C16H26N4. The Labute approximate surface area is 122 Å². The van der Waals surface area contributed by atoms with E-state index in [0.717, 1.165) is 6.54 Å². The van der Waals surface area contributed by atoms with E-state index in [9.17, 15) is 0 Å². The molecule has 20 heavy (non-hydrogen) atoms. The molecule has 1 aromatic rings. The molecule has 0 amide bonds. The van der Waals surface area contributed by atoms with E-state index < -0.39 is 0 Å². The van der Waals surface area contributed by atoms with E-state index in [4.69, 9.17) is 0 Å². The van der Waals surface area contributed by atoms with Crippen molar-refractivity contribution in [3.8, 4) is 0 Å². The number of aryl methyl sites for hydroxylation is 1. The SMILES string of the molecule is Cc1ccc(C2NNCC2CN2CCN(C)CC2)cc1. The lowest BCUT2D eigenvalue weighted by Crippen LogP contribution is -2.46. The summed E-state index contributed by atoms with van der Waals surface area (Å²) < 4.78 is 0. The summed E-state index contributed by atoms with van der Waals surface area (Å²) in [6, 6.07) is 9.38. The number of nitrogens with one attached hydrogen (secondary N) is 2. The second-order valence-corrected chi connectivity index (χ2v) is 6.28. The first-order valence-electron chi connectivity index (χ1n) is 7.68. The summed E-state index contributed by atoms with van der Waals surface area (Å²) in [6.07, 6.45) is 0. The smallest absolute Gasteiger partial charge is 0.0515 e. The van der Waals surface area contributed by atoms with E-state index in [1.165, 1.54) is 43.9 Å². The van der Waals surface area contributed by atoms with Crippen LogP contribution in [-0.2, 0) is 0 Å². The fourth-order valence-corrected chi connectivity index (χ4v) is 3.20. The van der Waals surface area contributed by atoms with E-state index in [1.54, 1.807) is 0 Å². The lowest BCUT2D eigenvalue weighted by atomic mass is 9.93. The molecule has 0 bridgehead atoms. The highest BCUT2D eigenvalue weighted by Gasteiger charge is 2.30. The Morgan fingerprint density at radius 3 is 2.50 bits per heavy atom. The lowest BCUT2D eigenvalue weighted by Gasteiger charge is -2.34. The van der Waals surface area contributed by atoms with Gasteiger partial charge in [0.05, 0.1) is 6.04 Å². The molecule has 2 aliphatic heterocycles. The number of hydrogen-bond acceptors (Lipinski definition) is 4. The van der Waals surface area contributed by atoms with Crippen molar-refractivity contribution in [3.63, 3.8) is 0 Å². The van der Waals surface area contributed by atoms with Gasteiger partial charge in [-0.15, -0.1) is 0 Å². The van der Waals surface area contributed by atoms with Gasteiger partial charge in [-0.3, -0.25) is 5.43 Å².